The third kappa shape index (κ3) is 2.38. The molecule has 21 heavy (non-hydrogen) atoms. The van der Waals surface area contributed by atoms with Gasteiger partial charge < -0.3 is 10.5 Å². The minimum absolute atomic E-state index is 0.00367. The van der Waals surface area contributed by atoms with E-state index in [9.17, 15) is 10.1 Å². The van der Waals surface area contributed by atoms with Crippen LogP contribution < -0.4 is 10.5 Å². The Morgan fingerprint density at radius 1 is 1.29 bits per heavy atom. The van der Waals surface area contributed by atoms with Crippen molar-refractivity contribution in [1.82, 2.24) is 4.98 Å². The lowest BCUT2D eigenvalue weighted by molar-refractivity contribution is -0.384. The molecule has 2 N–H and O–H groups in total. The van der Waals surface area contributed by atoms with Crippen LogP contribution in [0, 0.1) is 10.1 Å². The lowest BCUT2D eigenvalue weighted by atomic mass is 10.1. The van der Waals surface area contributed by atoms with Crippen LogP contribution in [0.25, 0.3) is 20.8 Å². The van der Waals surface area contributed by atoms with Gasteiger partial charge in [-0.3, -0.25) is 10.1 Å². The molecule has 2 aromatic carbocycles. The quantitative estimate of drug-likeness (QED) is 0.454. The summed E-state index contributed by atoms with van der Waals surface area (Å²) in [4.78, 5) is 14.9. The number of ether oxygens (including phenoxy) is 1. The Labute approximate surface area is 124 Å². The van der Waals surface area contributed by atoms with Gasteiger partial charge in [0, 0.05) is 23.4 Å². The molecule has 0 aliphatic carbocycles. The van der Waals surface area contributed by atoms with Gasteiger partial charge in [-0.2, -0.15) is 0 Å². The summed E-state index contributed by atoms with van der Waals surface area (Å²) in [5, 5.41) is 11.5. The predicted octanol–water partition coefficient (Wildman–Crippen LogP) is 3.46. The van der Waals surface area contributed by atoms with Crippen LogP contribution in [0.15, 0.2) is 36.4 Å². The van der Waals surface area contributed by atoms with Crippen LogP contribution in [0.2, 0.25) is 0 Å². The molecule has 0 unspecified atom stereocenters. The SMILES string of the molecule is COc1ccc2nc(-c3cc([N+](=O)[O-])ccc3N)sc2c1. The van der Waals surface area contributed by atoms with Gasteiger partial charge in [-0.05, 0) is 24.3 Å². The van der Waals surface area contributed by atoms with E-state index in [-0.39, 0.29) is 5.69 Å². The number of rotatable bonds is 3. The molecule has 0 amide bonds. The van der Waals surface area contributed by atoms with Crippen molar-refractivity contribution in [3.63, 3.8) is 0 Å². The largest absolute Gasteiger partial charge is 0.497 e. The topological polar surface area (TPSA) is 91.3 Å². The summed E-state index contributed by atoms with van der Waals surface area (Å²) in [6.07, 6.45) is 0. The molecule has 0 saturated heterocycles. The van der Waals surface area contributed by atoms with E-state index in [1.54, 1.807) is 7.11 Å². The van der Waals surface area contributed by atoms with Gasteiger partial charge in [0.25, 0.3) is 5.69 Å². The second kappa shape index (κ2) is 5.02. The van der Waals surface area contributed by atoms with Crippen molar-refractivity contribution in [2.75, 3.05) is 12.8 Å². The summed E-state index contributed by atoms with van der Waals surface area (Å²) in [6.45, 7) is 0. The number of nitrogen functional groups attached to an aromatic ring is 1. The number of thiazole rings is 1. The number of fused-ring (bicyclic) bond motifs is 1. The summed E-state index contributed by atoms with van der Waals surface area (Å²) >= 11 is 1.42. The molecule has 1 heterocycles. The number of hydrogen-bond donors (Lipinski definition) is 1. The molecule has 0 fully saturated rings. The van der Waals surface area contributed by atoms with E-state index >= 15 is 0 Å². The van der Waals surface area contributed by atoms with Gasteiger partial charge >= 0.3 is 0 Å². The predicted molar refractivity (Wildman–Crippen MR) is 82.7 cm³/mol. The molecule has 0 atom stereocenters. The van der Waals surface area contributed by atoms with E-state index in [1.807, 2.05) is 18.2 Å². The maximum absolute atomic E-state index is 10.9. The number of anilines is 1. The van der Waals surface area contributed by atoms with Crippen LogP contribution in [0.4, 0.5) is 11.4 Å². The number of aromatic nitrogens is 1. The molecule has 0 saturated carbocycles. The molecule has 1 aromatic heterocycles. The number of nitro groups is 1. The fourth-order valence-corrected chi connectivity index (χ4v) is 3.02. The normalized spacial score (nSPS) is 10.7. The van der Waals surface area contributed by atoms with Crippen molar-refractivity contribution in [1.29, 1.82) is 0 Å². The summed E-state index contributed by atoms with van der Waals surface area (Å²) in [5.74, 6) is 0.740. The Kier molecular flexibility index (Phi) is 3.19. The maximum atomic E-state index is 10.9. The third-order valence-electron chi connectivity index (χ3n) is 3.07. The highest BCUT2D eigenvalue weighted by atomic mass is 32.1. The summed E-state index contributed by atoms with van der Waals surface area (Å²) in [7, 11) is 1.60. The van der Waals surface area contributed by atoms with Crippen LogP contribution in [0.1, 0.15) is 0 Å². The van der Waals surface area contributed by atoms with E-state index in [0.717, 1.165) is 16.0 Å². The third-order valence-corrected chi connectivity index (χ3v) is 4.13. The number of nitro benzene ring substituents is 1. The molecule has 0 aliphatic rings. The zero-order chi connectivity index (χ0) is 15.0. The lowest BCUT2D eigenvalue weighted by Crippen LogP contribution is -1.93. The minimum atomic E-state index is -0.445. The second-order valence-corrected chi connectivity index (χ2v) is 5.41. The zero-order valence-corrected chi connectivity index (χ0v) is 11.9. The van der Waals surface area contributed by atoms with Gasteiger partial charge in [0.2, 0.25) is 0 Å². The molecule has 0 bridgehead atoms. The first kappa shape index (κ1) is 13.3. The molecule has 0 aliphatic heterocycles. The average molecular weight is 301 g/mol. The Morgan fingerprint density at radius 3 is 2.81 bits per heavy atom. The smallest absolute Gasteiger partial charge is 0.270 e. The molecule has 0 radical (unpaired) electrons. The second-order valence-electron chi connectivity index (χ2n) is 4.38. The van der Waals surface area contributed by atoms with Gasteiger partial charge in [-0.1, -0.05) is 0 Å². The van der Waals surface area contributed by atoms with E-state index in [4.69, 9.17) is 10.5 Å². The van der Waals surface area contributed by atoms with Gasteiger partial charge in [-0.15, -0.1) is 11.3 Å². The van der Waals surface area contributed by atoms with Crippen molar-refractivity contribution in [3.8, 4) is 16.3 Å². The van der Waals surface area contributed by atoms with Crippen LogP contribution in [-0.2, 0) is 0 Å². The number of methoxy groups -OCH3 is 1. The summed E-state index contributed by atoms with van der Waals surface area (Å²) in [5.41, 5.74) is 7.76. The van der Waals surface area contributed by atoms with Gasteiger partial charge in [0.05, 0.1) is 22.2 Å². The number of benzene rings is 2. The molecule has 7 heteroatoms. The maximum Gasteiger partial charge on any atom is 0.270 e. The molecule has 6 nitrogen and oxygen atoms in total. The van der Waals surface area contributed by atoms with Crippen LogP contribution >= 0.6 is 11.3 Å². The highest BCUT2D eigenvalue weighted by Gasteiger charge is 2.14. The fourth-order valence-electron chi connectivity index (χ4n) is 1.99. The summed E-state index contributed by atoms with van der Waals surface area (Å²) in [6, 6.07) is 9.91. The van der Waals surface area contributed by atoms with Crippen LogP contribution in [0.5, 0.6) is 5.75 Å². The van der Waals surface area contributed by atoms with Crippen molar-refractivity contribution in [2.24, 2.45) is 0 Å². The van der Waals surface area contributed by atoms with Gasteiger partial charge in [0.1, 0.15) is 10.8 Å². The lowest BCUT2D eigenvalue weighted by Gasteiger charge is -2.01. The van der Waals surface area contributed by atoms with Crippen molar-refractivity contribution in [2.45, 2.75) is 0 Å². The van der Waals surface area contributed by atoms with E-state index < -0.39 is 4.92 Å². The van der Waals surface area contributed by atoms with Gasteiger partial charge in [0.15, 0.2) is 0 Å². The fraction of sp³-hybridized carbons (Fsp3) is 0.0714. The van der Waals surface area contributed by atoms with E-state index in [1.165, 1.54) is 29.5 Å². The monoisotopic (exact) mass is 301 g/mol. The first-order valence-corrected chi connectivity index (χ1v) is 6.89. The molecule has 106 valence electrons. The number of non-ortho nitro benzene ring substituents is 1. The molecular weight excluding hydrogens is 290 g/mol. The van der Waals surface area contributed by atoms with E-state index in [0.29, 0.717) is 16.3 Å². The number of nitrogens with zero attached hydrogens (tertiary/aromatic N) is 2. The first-order valence-electron chi connectivity index (χ1n) is 6.07. The summed E-state index contributed by atoms with van der Waals surface area (Å²) < 4.78 is 6.12. The Hall–Kier alpha value is -2.67. The van der Waals surface area contributed by atoms with Crippen molar-refractivity contribution in [3.05, 3.63) is 46.5 Å². The zero-order valence-electron chi connectivity index (χ0n) is 11.1. The molecule has 3 aromatic rings. The van der Waals surface area contributed by atoms with Crippen molar-refractivity contribution >= 4 is 32.9 Å². The van der Waals surface area contributed by atoms with Crippen molar-refractivity contribution < 1.29 is 9.66 Å². The molecule has 0 spiro atoms. The highest BCUT2D eigenvalue weighted by Crippen LogP contribution is 2.36. The van der Waals surface area contributed by atoms with Crippen LogP contribution in [0.3, 0.4) is 0 Å². The average Bonchev–Trinajstić information content (AvgIpc) is 2.89. The number of nitrogens with two attached hydrogens (primary N) is 1. The Morgan fingerprint density at radius 2 is 2.10 bits per heavy atom. The molecular formula is C14H11N3O3S. The van der Waals surface area contributed by atoms with Crippen LogP contribution in [-0.4, -0.2) is 17.0 Å². The first-order chi connectivity index (χ1) is 10.1. The number of hydrogen-bond acceptors (Lipinski definition) is 6. The minimum Gasteiger partial charge on any atom is -0.497 e. The Bertz CT molecular complexity index is 845. The standard InChI is InChI=1S/C14H11N3O3S/c1-20-9-3-5-12-13(7-9)21-14(16-12)10-6-8(17(18)19)2-4-11(10)15/h2-7H,15H2,1H3. The highest BCUT2D eigenvalue weighted by molar-refractivity contribution is 7.21. The van der Waals surface area contributed by atoms with E-state index in [2.05, 4.69) is 4.98 Å². The Balaban J connectivity index is 2.15. The molecule has 3 rings (SSSR count). The van der Waals surface area contributed by atoms with Gasteiger partial charge in [-0.25, -0.2) is 4.98 Å².